The van der Waals surface area contributed by atoms with Crippen LogP contribution in [0.1, 0.15) is 22.3 Å². The van der Waals surface area contributed by atoms with E-state index in [2.05, 4.69) is 54.6 Å². The van der Waals surface area contributed by atoms with E-state index in [1.165, 1.54) is 21.5 Å². The molecule has 5 rings (SSSR count). The first-order valence-electron chi connectivity index (χ1n) is 7.97. The Balaban J connectivity index is 1.92. The normalized spacial score (nSPS) is 14.2. The molecule has 0 atom stereocenters. The molecule has 0 amide bonds. The Morgan fingerprint density at radius 2 is 1.42 bits per heavy atom. The van der Waals surface area contributed by atoms with Crippen molar-refractivity contribution in [3.05, 3.63) is 76.8 Å². The number of fused-ring (bicyclic) bond motifs is 5. The maximum absolute atomic E-state index is 12.4. The Hall–Kier alpha value is -2.64. The molecule has 0 unspecified atom stereocenters. The van der Waals surface area contributed by atoms with E-state index in [0.717, 1.165) is 21.9 Å². The van der Waals surface area contributed by atoms with Crippen LogP contribution < -0.4 is 0 Å². The first kappa shape index (κ1) is 13.8. The topological polar surface area (TPSA) is 17.1 Å². The van der Waals surface area contributed by atoms with Gasteiger partial charge in [-0.05, 0) is 68.2 Å². The number of hydrogen-bond donors (Lipinski definition) is 0. The summed E-state index contributed by atoms with van der Waals surface area (Å²) >= 11 is 6.09. The van der Waals surface area contributed by atoms with Gasteiger partial charge in [0.15, 0.2) is 5.78 Å². The fourth-order valence-electron chi connectivity index (χ4n) is 3.64. The van der Waals surface area contributed by atoms with E-state index in [1.807, 2.05) is 12.1 Å². The maximum Gasteiger partial charge on any atom is 0.168 e. The van der Waals surface area contributed by atoms with Crippen LogP contribution in [0.5, 0.6) is 0 Å². The van der Waals surface area contributed by atoms with Gasteiger partial charge in [0.1, 0.15) is 0 Å². The summed E-state index contributed by atoms with van der Waals surface area (Å²) in [6.07, 6.45) is 2.20. The molecule has 0 heterocycles. The molecule has 1 aliphatic rings. The molecule has 4 aromatic rings. The molecule has 0 fully saturated rings. The van der Waals surface area contributed by atoms with Crippen LogP contribution in [0.2, 0.25) is 0 Å². The van der Waals surface area contributed by atoms with Crippen LogP contribution in [0.4, 0.5) is 0 Å². The number of Topliss-reactive ketones (excluding diaryl/α,β-unsaturated/α-hetero) is 1. The number of hydrogen-bond acceptors (Lipinski definition) is 1. The second-order valence-corrected chi connectivity index (χ2v) is 6.82. The van der Waals surface area contributed by atoms with Gasteiger partial charge in [-0.3, -0.25) is 4.79 Å². The number of halogens is 1. The lowest BCUT2D eigenvalue weighted by Crippen LogP contribution is -2.06. The third-order valence-corrected chi connectivity index (χ3v) is 5.06. The standard InChI is InChI=1S/C22H13ClO/c23-18-9-17-8-16-6-5-15-7-13-3-1-2-4-14(13)10-19(15)20(16)12-21(17)22(24)11-18/h1-10,12H,11H2. The molecule has 0 saturated heterocycles. The average Bonchev–Trinajstić information content (AvgIpc) is 2.58. The third-order valence-electron chi connectivity index (χ3n) is 4.81. The summed E-state index contributed by atoms with van der Waals surface area (Å²) in [6.45, 7) is 0. The fraction of sp³-hybridized carbons (Fsp3) is 0.0455. The Kier molecular flexibility index (Phi) is 2.83. The highest BCUT2D eigenvalue weighted by atomic mass is 35.5. The van der Waals surface area contributed by atoms with Crippen LogP contribution in [0.15, 0.2) is 65.7 Å². The zero-order valence-corrected chi connectivity index (χ0v) is 13.6. The number of rotatable bonds is 0. The summed E-state index contributed by atoms with van der Waals surface area (Å²) in [7, 11) is 0. The quantitative estimate of drug-likeness (QED) is 0.273. The molecule has 0 spiro atoms. The second kappa shape index (κ2) is 4.93. The minimum Gasteiger partial charge on any atom is -0.294 e. The molecule has 0 aliphatic heterocycles. The highest BCUT2D eigenvalue weighted by Gasteiger charge is 2.18. The van der Waals surface area contributed by atoms with Crippen LogP contribution >= 0.6 is 11.6 Å². The predicted molar refractivity (Wildman–Crippen MR) is 102 cm³/mol. The van der Waals surface area contributed by atoms with Crippen molar-refractivity contribution in [1.82, 2.24) is 0 Å². The number of benzene rings is 4. The van der Waals surface area contributed by atoms with E-state index in [9.17, 15) is 4.79 Å². The van der Waals surface area contributed by atoms with Gasteiger partial charge in [-0.25, -0.2) is 0 Å². The first-order valence-corrected chi connectivity index (χ1v) is 8.35. The Labute approximate surface area is 144 Å². The zero-order valence-electron chi connectivity index (χ0n) is 12.8. The molecule has 114 valence electrons. The highest BCUT2D eigenvalue weighted by Crippen LogP contribution is 2.34. The van der Waals surface area contributed by atoms with Gasteiger partial charge in [-0.15, -0.1) is 0 Å². The molecule has 0 bridgehead atoms. The van der Waals surface area contributed by atoms with Crippen molar-refractivity contribution < 1.29 is 4.79 Å². The molecule has 1 aliphatic carbocycles. The second-order valence-electron chi connectivity index (χ2n) is 6.34. The van der Waals surface area contributed by atoms with Crippen LogP contribution in [0, 0.1) is 0 Å². The summed E-state index contributed by atoms with van der Waals surface area (Å²) in [6, 6.07) is 21.2. The van der Waals surface area contributed by atoms with E-state index in [0.29, 0.717) is 11.5 Å². The third kappa shape index (κ3) is 1.98. The molecule has 24 heavy (non-hydrogen) atoms. The predicted octanol–water partition coefficient (Wildman–Crippen LogP) is 6.31. The van der Waals surface area contributed by atoms with Crippen molar-refractivity contribution >= 4 is 55.8 Å². The summed E-state index contributed by atoms with van der Waals surface area (Å²) < 4.78 is 0. The lowest BCUT2D eigenvalue weighted by molar-refractivity contribution is 0.0993. The van der Waals surface area contributed by atoms with Gasteiger partial charge in [0.05, 0.1) is 0 Å². The molecule has 2 heteroatoms. The van der Waals surface area contributed by atoms with Gasteiger partial charge in [0, 0.05) is 17.0 Å². The summed E-state index contributed by atoms with van der Waals surface area (Å²) in [5.74, 6) is 0.0946. The fourth-order valence-corrected chi connectivity index (χ4v) is 3.88. The number of allylic oxidation sites excluding steroid dienone is 1. The zero-order chi connectivity index (χ0) is 16.3. The maximum atomic E-state index is 12.4. The van der Waals surface area contributed by atoms with Crippen LogP contribution in [-0.4, -0.2) is 5.78 Å². The van der Waals surface area contributed by atoms with Gasteiger partial charge >= 0.3 is 0 Å². The van der Waals surface area contributed by atoms with E-state index in [-0.39, 0.29) is 5.78 Å². The molecule has 4 aromatic carbocycles. The summed E-state index contributed by atoms with van der Waals surface area (Å²) in [5.41, 5.74) is 1.69. The minimum absolute atomic E-state index is 0.0946. The minimum atomic E-state index is 0.0946. The monoisotopic (exact) mass is 328 g/mol. The molecule has 0 saturated carbocycles. The van der Waals surface area contributed by atoms with Crippen molar-refractivity contribution in [2.24, 2.45) is 0 Å². The van der Waals surface area contributed by atoms with Gasteiger partial charge < -0.3 is 0 Å². The molecular formula is C22H13ClO. The van der Waals surface area contributed by atoms with Gasteiger partial charge in [0.25, 0.3) is 0 Å². The van der Waals surface area contributed by atoms with Crippen LogP contribution in [0.3, 0.4) is 0 Å². The number of carbonyl (C=O) groups is 1. The van der Waals surface area contributed by atoms with Crippen LogP contribution in [-0.2, 0) is 0 Å². The average molecular weight is 329 g/mol. The first-order chi connectivity index (χ1) is 11.7. The van der Waals surface area contributed by atoms with Crippen molar-refractivity contribution in [2.45, 2.75) is 6.42 Å². The molecule has 0 aromatic heterocycles. The van der Waals surface area contributed by atoms with Gasteiger partial charge in [-0.1, -0.05) is 48.0 Å². The Morgan fingerprint density at radius 1 is 0.750 bits per heavy atom. The molecular weight excluding hydrogens is 316 g/mol. The number of carbonyl (C=O) groups excluding carboxylic acids is 1. The van der Waals surface area contributed by atoms with Crippen molar-refractivity contribution in [3.8, 4) is 0 Å². The van der Waals surface area contributed by atoms with Crippen molar-refractivity contribution in [1.29, 1.82) is 0 Å². The van der Waals surface area contributed by atoms with E-state index in [1.54, 1.807) is 0 Å². The lowest BCUT2D eigenvalue weighted by atomic mass is 9.90. The van der Waals surface area contributed by atoms with E-state index >= 15 is 0 Å². The van der Waals surface area contributed by atoms with E-state index in [4.69, 9.17) is 11.6 Å². The highest BCUT2D eigenvalue weighted by molar-refractivity contribution is 6.34. The SMILES string of the molecule is O=C1CC(Cl)=Cc2cc3ccc4cc5ccccc5cc4c3cc21. The van der Waals surface area contributed by atoms with Gasteiger partial charge in [0.2, 0.25) is 0 Å². The molecule has 0 radical (unpaired) electrons. The molecule has 1 nitrogen and oxygen atoms in total. The van der Waals surface area contributed by atoms with Gasteiger partial charge in [-0.2, -0.15) is 0 Å². The summed E-state index contributed by atoms with van der Waals surface area (Å²) in [4.78, 5) is 12.4. The van der Waals surface area contributed by atoms with Crippen molar-refractivity contribution in [3.63, 3.8) is 0 Å². The van der Waals surface area contributed by atoms with Crippen LogP contribution in [0.25, 0.3) is 38.4 Å². The lowest BCUT2D eigenvalue weighted by Gasteiger charge is -2.14. The Bertz CT molecular complexity index is 1200. The largest absolute Gasteiger partial charge is 0.294 e. The van der Waals surface area contributed by atoms with E-state index < -0.39 is 0 Å². The van der Waals surface area contributed by atoms with Crippen molar-refractivity contribution in [2.75, 3.05) is 0 Å². The molecule has 0 N–H and O–H groups in total. The number of ketones is 1. The smallest absolute Gasteiger partial charge is 0.168 e. The summed E-state index contributed by atoms with van der Waals surface area (Å²) in [5, 5.41) is 7.68. The Morgan fingerprint density at radius 3 is 2.21 bits per heavy atom.